The summed E-state index contributed by atoms with van der Waals surface area (Å²) in [6.45, 7) is 0. The molecule has 5 heteroatoms. The molecule has 0 aliphatic heterocycles. The minimum atomic E-state index is 1.46. The van der Waals surface area contributed by atoms with Gasteiger partial charge in [0.25, 0.3) is 0 Å². The maximum absolute atomic E-state index is 6.13. The van der Waals surface area contributed by atoms with Crippen LogP contribution in [0, 0.1) is 5.53 Å². The predicted molar refractivity (Wildman–Crippen MR) is 23.7 cm³/mol. The summed E-state index contributed by atoms with van der Waals surface area (Å²) in [5.74, 6) is 0. The Bertz CT molecular complexity index is 74.1. The zero-order chi connectivity index (χ0) is 5.70. The molecular formula is C2H7N5. The van der Waals surface area contributed by atoms with Gasteiger partial charge in [-0.25, -0.2) is 0 Å². The third kappa shape index (κ3) is 5.00. The minimum Gasteiger partial charge on any atom is -0.283 e. The van der Waals surface area contributed by atoms with E-state index < -0.39 is 0 Å². The van der Waals surface area contributed by atoms with Gasteiger partial charge >= 0.3 is 0 Å². The Morgan fingerprint density at radius 1 is 1.43 bits per heavy atom. The normalized spacial score (nSPS) is 9.43. The summed E-state index contributed by atoms with van der Waals surface area (Å²) in [5.41, 5.74) is 6.13. The second-order valence-corrected chi connectivity index (χ2v) is 1.13. The van der Waals surface area contributed by atoms with Gasteiger partial charge in [-0.15, -0.1) is 0 Å². The predicted octanol–water partition coefficient (Wildman–Crippen LogP) is 0.861. The fourth-order valence-corrected chi connectivity index (χ4v) is 0.100. The lowest BCUT2D eigenvalue weighted by Gasteiger charge is -1.95. The molecule has 40 valence electrons. The fraction of sp³-hybridized carbons (Fsp3) is 1.00. The number of rotatable bonds is 2. The molecule has 0 saturated carbocycles. The maximum atomic E-state index is 6.13. The summed E-state index contributed by atoms with van der Waals surface area (Å²) in [6, 6.07) is 0. The lowest BCUT2D eigenvalue weighted by atomic mass is 11.2. The largest absolute Gasteiger partial charge is 0.283 e. The smallest absolute Gasteiger partial charge is 0.0262 e. The van der Waals surface area contributed by atoms with Gasteiger partial charge in [-0.2, -0.15) is 5.53 Å². The van der Waals surface area contributed by atoms with Crippen LogP contribution in [-0.2, 0) is 0 Å². The lowest BCUT2D eigenvalue weighted by Crippen LogP contribution is -1.98. The van der Waals surface area contributed by atoms with E-state index in [1.165, 1.54) is 5.01 Å². The Kier molecular flexibility index (Phi) is 2.74. The molecule has 5 nitrogen and oxygen atoms in total. The van der Waals surface area contributed by atoms with Gasteiger partial charge in [0.05, 0.1) is 0 Å². The zero-order valence-corrected chi connectivity index (χ0v) is 4.29. The van der Waals surface area contributed by atoms with Crippen LogP contribution in [0.15, 0.2) is 15.7 Å². The van der Waals surface area contributed by atoms with E-state index in [1.54, 1.807) is 14.1 Å². The van der Waals surface area contributed by atoms with Crippen LogP contribution in [0.2, 0.25) is 0 Å². The number of nitrogens with one attached hydrogen (secondary N) is 1. The van der Waals surface area contributed by atoms with E-state index in [-0.39, 0.29) is 0 Å². The van der Waals surface area contributed by atoms with E-state index in [9.17, 15) is 0 Å². The molecule has 0 bridgehead atoms. The minimum absolute atomic E-state index is 1.46. The average Bonchev–Trinajstić information content (AvgIpc) is 1.61. The van der Waals surface area contributed by atoms with E-state index in [2.05, 4.69) is 15.7 Å². The molecule has 0 saturated heterocycles. The van der Waals surface area contributed by atoms with Gasteiger partial charge in [0, 0.05) is 14.1 Å². The number of nitrogens with zero attached hydrogens (tertiary/aromatic N) is 4. The molecule has 0 radical (unpaired) electrons. The fourth-order valence-electron chi connectivity index (χ4n) is 0.100. The van der Waals surface area contributed by atoms with Crippen molar-refractivity contribution in [2.45, 2.75) is 0 Å². The van der Waals surface area contributed by atoms with E-state index >= 15 is 0 Å². The molecule has 0 aromatic rings. The first-order valence-corrected chi connectivity index (χ1v) is 1.72. The molecule has 0 rings (SSSR count). The zero-order valence-electron chi connectivity index (χ0n) is 4.29. The number of hydrogen-bond donors (Lipinski definition) is 1. The van der Waals surface area contributed by atoms with E-state index in [4.69, 9.17) is 5.53 Å². The van der Waals surface area contributed by atoms with Crippen molar-refractivity contribution >= 4 is 0 Å². The SMILES string of the molecule is CN(C)N=NN=N. The third-order valence-electron chi connectivity index (χ3n) is 0.264. The van der Waals surface area contributed by atoms with Gasteiger partial charge in [0.1, 0.15) is 0 Å². The van der Waals surface area contributed by atoms with Gasteiger partial charge in [-0.3, -0.25) is 5.01 Å². The lowest BCUT2D eigenvalue weighted by molar-refractivity contribution is 0.397. The number of hydrogen-bond acceptors (Lipinski definition) is 2. The van der Waals surface area contributed by atoms with Crippen LogP contribution in [0.5, 0.6) is 0 Å². The Balaban J connectivity index is 3.25. The topological polar surface area (TPSA) is 64.2 Å². The van der Waals surface area contributed by atoms with Crippen LogP contribution < -0.4 is 0 Å². The van der Waals surface area contributed by atoms with Crippen LogP contribution in [0.25, 0.3) is 0 Å². The van der Waals surface area contributed by atoms with Crippen molar-refractivity contribution in [1.82, 2.24) is 5.01 Å². The molecule has 0 unspecified atom stereocenters. The van der Waals surface area contributed by atoms with Gasteiger partial charge in [-0.1, -0.05) is 5.22 Å². The van der Waals surface area contributed by atoms with E-state index in [1.807, 2.05) is 0 Å². The van der Waals surface area contributed by atoms with E-state index in [0.29, 0.717) is 0 Å². The summed E-state index contributed by atoms with van der Waals surface area (Å²) in [6.07, 6.45) is 0. The molecule has 0 atom stereocenters. The molecule has 0 aromatic heterocycles. The van der Waals surface area contributed by atoms with Crippen LogP contribution in [0.3, 0.4) is 0 Å². The van der Waals surface area contributed by atoms with Gasteiger partial charge in [0.2, 0.25) is 0 Å². The standard InChI is InChI=1S/C2H7N5/c1-7(2)6-5-4-3/h3H,1-2H3. The van der Waals surface area contributed by atoms with Crippen molar-refractivity contribution in [2.24, 2.45) is 15.7 Å². The quantitative estimate of drug-likeness (QED) is 0.407. The van der Waals surface area contributed by atoms with Crippen LogP contribution in [0.4, 0.5) is 0 Å². The monoisotopic (exact) mass is 101 g/mol. The first kappa shape index (κ1) is 6.00. The second kappa shape index (κ2) is 3.20. The Labute approximate surface area is 41.5 Å². The average molecular weight is 101 g/mol. The summed E-state index contributed by atoms with van der Waals surface area (Å²) < 4.78 is 0. The molecule has 0 spiro atoms. The summed E-state index contributed by atoms with van der Waals surface area (Å²) in [5, 5.41) is 10.5. The van der Waals surface area contributed by atoms with Crippen molar-refractivity contribution in [1.29, 1.82) is 5.53 Å². The van der Waals surface area contributed by atoms with Gasteiger partial charge in [0.15, 0.2) is 0 Å². The molecule has 0 aromatic carbocycles. The van der Waals surface area contributed by atoms with Crippen molar-refractivity contribution in [2.75, 3.05) is 14.1 Å². The molecule has 0 heterocycles. The molecule has 0 aliphatic carbocycles. The molecular weight excluding hydrogens is 94.1 g/mol. The van der Waals surface area contributed by atoms with Crippen molar-refractivity contribution in [3.05, 3.63) is 0 Å². The Morgan fingerprint density at radius 3 is 2.14 bits per heavy atom. The highest BCUT2D eigenvalue weighted by molar-refractivity contribution is 4.13. The van der Waals surface area contributed by atoms with Crippen LogP contribution in [-0.4, -0.2) is 19.1 Å². The second-order valence-electron chi connectivity index (χ2n) is 1.13. The molecule has 0 amide bonds. The molecule has 7 heavy (non-hydrogen) atoms. The first-order chi connectivity index (χ1) is 3.27. The Morgan fingerprint density at radius 2 is 2.00 bits per heavy atom. The summed E-state index contributed by atoms with van der Waals surface area (Å²) in [4.78, 5) is 0. The molecule has 0 aliphatic rings. The van der Waals surface area contributed by atoms with E-state index in [0.717, 1.165) is 0 Å². The van der Waals surface area contributed by atoms with Crippen LogP contribution >= 0.6 is 0 Å². The highest BCUT2D eigenvalue weighted by Gasteiger charge is 1.70. The Hall–Kier alpha value is -1.00. The van der Waals surface area contributed by atoms with Gasteiger partial charge in [-0.05, 0) is 10.4 Å². The van der Waals surface area contributed by atoms with Crippen LogP contribution in [0.1, 0.15) is 0 Å². The third-order valence-corrected chi connectivity index (χ3v) is 0.264. The van der Waals surface area contributed by atoms with Crippen molar-refractivity contribution in [3.63, 3.8) is 0 Å². The van der Waals surface area contributed by atoms with Gasteiger partial charge < -0.3 is 0 Å². The summed E-state index contributed by atoms with van der Waals surface area (Å²) >= 11 is 0. The highest BCUT2D eigenvalue weighted by Crippen LogP contribution is 1.76. The first-order valence-electron chi connectivity index (χ1n) is 1.72. The van der Waals surface area contributed by atoms with Crippen molar-refractivity contribution in [3.8, 4) is 0 Å². The maximum Gasteiger partial charge on any atom is 0.0262 e. The molecule has 1 N–H and O–H groups in total. The molecule has 0 fully saturated rings. The van der Waals surface area contributed by atoms with Crippen molar-refractivity contribution < 1.29 is 0 Å². The summed E-state index contributed by atoms with van der Waals surface area (Å²) in [7, 11) is 3.41. The highest BCUT2D eigenvalue weighted by atomic mass is 15.6.